The fourth-order valence-electron chi connectivity index (χ4n) is 2.73. The highest BCUT2D eigenvalue weighted by atomic mass is 15.6. The van der Waals surface area contributed by atoms with Gasteiger partial charge in [-0.15, -0.1) is 10.2 Å². The average Bonchev–Trinajstić information content (AvgIpc) is 2.63. The van der Waals surface area contributed by atoms with E-state index < -0.39 is 0 Å². The number of aryl methyl sites for hydroxylation is 1. The molecular weight excluding hydrogens is 240 g/mol. The van der Waals surface area contributed by atoms with Crippen LogP contribution >= 0.6 is 0 Å². The highest BCUT2D eigenvalue weighted by Crippen LogP contribution is 2.23. The van der Waals surface area contributed by atoms with Gasteiger partial charge < -0.3 is 5.73 Å². The molecule has 2 heterocycles. The molecule has 2 N–H and O–H groups in total. The molecule has 0 saturated carbocycles. The summed E-state index contributed by atoms with van der Waals surface area (Å²) in [5.41, 5.74) is 6.39. The summed E-state index contributed by atoms with van der Waals surface area (Å²) in [6.45, 7) is 6.77. The molecule has 1 saturated heterocycles. The first-order valence-electron chi connectivity index (χ1n) is 7.23. The Bertz CT molecular complexity index is 392. The van der Waals surface area contributed by atoms with Crippen molar-refractivity contribution in [3.8, 4) is 0 Å². The molecular formula is C13H26N6. The van der Waals surface area contributed by atoms with Crippen molar-refractivity contribution in [3.05, 3.63) is 5.82 Å². The summed E-state index contributed by atoms with van der Waals surface area (Å²) in [7, 11) is 1.78. The number of hydrogen-bond donors (Lipinski definition) is 1. The predicted molar refractivity (Wildman–Crippen MR) is 74.6 cm³/mol. The van der Waals surface area contributed by atoms with Crippen molar-refractivity contribution in [2.24, 2.45) is 12.8 Å². The van der Waals surface area contributed by atoms with Crippen molar-refractivity contribution in [3.63, 3.8) is 0 Å². The number of rotatable bonds is 4. The normalized spacial score (nSPS) is 20.2. The van der Waals surface area contributed by atoms with Gasteiger partial charge in [-0.1, -0.05) is 12.8 Å². The molecule has 0 bridgehead atoms. The maximum atomic E-state index is 6.42. The molecule has 1 unspecified atom stereocenters. The standard InChI is InChI=1S/C13H26N6/c1-13(2,19-8-6-4-5-7-9-19)11(14)10-12-15-17-18(3)16-12/h11H,4-10,14H2,1-3H3. The number of likely N-dealkylation sites (tertiary alicyclic amines) is 1. The molecule has 1 aromatic rings. The van der Waals surface area contributed by atoms with Crippen molar-refractivity contribution < 1.29 is 0 Å². The van der Waals surface area contributed by atoms with Gasteiger partial charge in [0.05, 0.1) is 7.05 Å². The molecule has 0 amide bonds. The van der Waals surface area contributed by atoms with Gasteiger partial charge in [-0.3, -0.25) is 4.90 Å². The van der Waals surface area contributed by atoms with Crippen molar-refractivity contribution in [1.29, 1.82) is 0 Å². The van der Waals surface area contributed by atoms with E-state index in [1.54, 1.807) is 7.05 Å². The maximum Gasteiger partial charge on any atom is 0.176 e. The van der Waals surface area contributed by atoms with Crippen molar-refractivity contribution in [2.45, 2.75) is 57.5 Å². The van der Waals surface area contributed by atoms with Gasteiger partial charge in [-0.05, 0) is 45.0 Å². The summed E-state index contributed by atoms with van der Waals surface area (Å²) in [6, 6.07) is 0.0230. The third-order valence-corrected chi connectivity index (χ3v) is 4.28. The minimum absolute atomic E-state index is 0.0230. The fraction of sp³-hybridized carbons (Fsp3) is 0.923. The summed E-state index contributed by atoms with van der Waals surface area (Å²) in [6.07, 6.45) is 5.91. The third kappa shape index (κ3) is 3.51. The van der Waals surface area contributed by atoms with E-state index in [1.807, 2.05) is 0 Å². The molecule has 1 fully saturated rings. The Balaban J connectivity index is 2.00. The summed E-state index contributed by atoms with van der Waals surface area (Å²) in [5, 5.41) is 12.1. The first-order chi connectivity index (χ1) is 9.00. The van der Waals surface area contributed by atoms with Crippen LogP contribution in [-0.2, 0) is 13.5 Å². The van der Waals surface area contributed by atoms with Gasteiger partial charge in [-0.25, -0.2) is 0 Å². The Morgan fingerprint density at radius 3 is 2.37 bits per heavy atom. The zero-order chi connectivity index (χ0) is 13.9. The van der Waals surface area contributed by atoms with Gasteiger partial charge in [0.15, 0.2) is 5.82 Å². The molecule has 0 aromatic carbocycles. The average molecular weight is 266 g/mol. The van der Waals surface area contributed by atoms with Gasteiger partial charge in [0.2, 0.25) is 0 Å². The zero-order valence-corrected chi connectivity index (χ0v) is 12.3. The number of aromatic nitrogens is 4. The van der Waals surface area contributed by atoms with Crippen LogP contribution in [0.25, 0.3) is 0 Å². The maximum absolute atomic E-state index is 6.42. The van der Waals surface area contributed by atoms with E-state index in [-0.39, 0.29) is 11.6 Å². The van der Waals surface area contributed by atoms with Crippen LogP contribution < -0.4 is 5.73 Å². The number of hydrogen-bond acceptors (Lipinski definition) is 5. The molecule has 6 nitrogen and oxygen atoms in total. The van der Waals surface area contributed by atoms with Crippen LogP contribution in [-0.4, -0.2) is 49.8 Å². The lowest BCUT2D eigenvalue weighted by atomic mass is 9.90. The first kappa shape index (κ1) is 14.4. The highest BCUT2D eigenvalue weighted by molar-refractivity contribution is 4.97. The predicted octanol–water partition coefficient (Wildman–Crippen LogP) is 0.735. The van der Waals surface area contributed by atoms with E-state index in [0.717, 1.165) is 18.9 Å². The van der Waals surface area contributed by atoms with Gasteiger partial charge in [0.1, 0.15) is 0 Å². The number of nitrogens with zero attached hydrogens (tertiary/aromatic N) is 5. The lowest BCUT2D eigenvalue weighted by Crippen LogP contribution is -2.57. The lowest BCUT2D eigenvalue weighted by molar-refractivity contribution is 0.0972. The van der Waals surface area contributed by atoms with E-state index in [2.05, 4.69) is 34.2 Å². The highest BCUT2D eigenvalue weighted by Gasteiger charge is 2.34. The zero-order valence-electron chi connectivity index (χ0n) is 12.3. The number of nitrogens with two attached hydrogens (primary N) is 1. The van der Waals surface area contributed by atoms with Crippen molar-refractivity contribution in [1.82, 2.24) is 25.1 Å². The molecule has 0 aliphatic carbocycles. The molecule has 108 valence electrons. The summed E-state index contributed by atoms with van der Waals surface area (Å²) in [5.74, 6) is 0.734. The van der Waals surface area contributed by atoms with Gasteiger partial charge in [-0.2, -0.15) is 4.80 Å². The minimum Gasteiger partial charge on any atom is -0.326 e. The second-order valence-electron chi connectivity index (χ2n) is 6.06. The van der Waals surface area contributed by atoms with E-state index in [1.165, 1.54) is 30.5 Å². The first-order valence-corrected chi connectivity index (χ1v) is 7.23. The molecule has 1 aliphatic rings. The third-order valence-electron chi connectivity index (χ3n) is 4.28. The topological polar surface area (TPSA) is 72.9 Å². The Labute approximate surface area is 115 Å². The van der Waals surface area contributed by atoms with Crippen LogP contribution in [0.4, 0.5) is 0 Å². The Hall–Kier alpha value is -1.01. The second kappa shape index (κ2) is 5.96. The summed E-state index contributed by atoms with van der Waals surface area (Å²) >= 11 is 0. The van der Waals surface area contributed by atoms with E-state index in [0.29, 0.717) is 6.42 Å². The molecule has 0 radical (unpaired) electrons. The largest absolute Gasteiger partial charge is 0.326 e. The molecule has 1 aliphatic heterocycles. The minimum atomic E-state index is -0.0243. The number of tetrazole rings is 1. The Kier molecular flexibility index (Phi) is 4.52. The van der Waals surface area contributed by atoms with Crippen molar-refractivity contribution in [2.75, 3.05) is 13.1 Å². The van der Waals surface area contributed by atoms with Crippen LogP contribution in [0.2, 0.25) is 0 Å². The van der Waals surface area contributed by atoms with Crippen LogP contribution in [0.5, 0.6) is 0 Å². The summed E-state index contributed by atoms with van der Waals surface area (Å²) in [4.78, 5) is 4.02. The molecule has 2 rings (SSSR count). The molecule has 19 heavy (non-hydrogen) atoms. The Morgan fingerprint density at radius 2 is 1.84 bits per heavy atom. The Morgan fingerprint density at radius 1 is 1.21 bits per heavy atom. The lowest BCUT2D eigenvalue weighted by Gasteiger charge is -2.42. The van der Waals surface area contributed by atoms with E-state index in [9.17, 15) is 0 Å². The fourth-order valence-corrected chi connectivity index (χ4v) is 2.73. The molecule has 6 heteroatoms. The SMILES string of the molecule is Cn1nnc(CC(N)C(C)(C)N2CCCCCC2)n1. The van der Waals surface area contributed by atoms with Gasteiger partial charge in [0.25, 0.3) is 0 Å². The molecule has 0 spiro atoms. The van der Waals surface area contributed by atoms with Gasteiger partial charge >= 0.3 is 0 Å². The monoisotopic (exact) mass is 266 g/mol. The van der Waals surface area contributed by atoms with Crippen LogP contribution in [0.1, 0.15) is 45.4 Å². The quantitative estimate of drug-likeness (QED) is 0.870. The van der Waals surface area contributed by atoms with Gasteiger partial charge in [0, 0.05) is 18.0 Å². The van der Waals surface area contributed by atoms with E-state index in [4.69, 9.17) is 5.73 Å². The smallest absolute Gasteiger partial charge is 0.176 e. The second-order valence-corrected chi connectivity index (χ2v) is 6.06. The van der Waals surface area contributed by atoms with Crippen LogP contribution in [0.3, 0.4) is 0 Å². The summed E-state index contributed by atoms with van der Waals surface area (Å²) < 4.78 is 0. The van der Waals surface area contributed by atoms with Crippen LogP contribution in [0.15, 0.2) is 0 Å². The van der Waals surface area contributed by atoms with E-state index >= 15 is 0 Å². The van der Waals surface area contributed by atoms with Crippen molar-refractivity contribution >= 4 is 0 Å². The van der Waals surface area contributed by atoms with Crippen LogP contribution in [0, 0.1) is 0 Å². The molecule has 1 aromatic heterocycles. The molecule has 1 atom stereocenters.